The van der Waals surface area contributed by atoms with Gasteiger partial charge < -0.3 is 15.8 Å². The van der Waals surface area contributed by atoms with Crippen LogP contribution in [0.25, 0.3) is 0 Å². The predicted octanol–water partition coefficient (Wildman–Crippen LogP) is 1.43. The van der Waals surface area contributed by atoms with Crippen molar-refractivity contribution in [1.82, 2.24) is 5.32 Å². The van der Waals surface area contributed by atoms with E-state index in [1.165, 1.54) is 12.0 Å². The number of hydrogen-bond acceptors (Lipinski definition) is 3. The van der Waals surface area contributed by atoms with Crippen LogP contribution in [0, 0.1) is 5.92 Å². The lowest BCUT2D eigenvalue weighted by Crippen LogP contribution is -2.11. The van der Waals surface area contributed by atoms with Gasteiger partial charge in [0.2, 0.25) is 0 Å². The predicted molar refractivity (Wildman–Crippen MR) is 62.1 cm³/mol. The molecule has 1 aliphatic heterocycles. The SMILES string of the molecule is COc1ccc(CC2CCNC2)c(N)c1. The number of anilines is 1. The van der Waals surface area contributed by atoms with Crippen LogP contribution in [0.3, 0.4) is 0 Å². The van der Waals surface area contributed by atoms with Gasteiger partial charge in [0, 0.05) is 11.8 Å². The Labute approximate surface area is 90.6 Å². The van der Waals surface area contributed by atoms with Crippen LogP contribution < -0.4 is 15.8 Å². The van der Waals surface area contributed by atoms with E-state index in [9.17, 15) is 0 Å². The number of nitrogen functional groups attached to an aromatic ring is 1. The van der Waals surface area contributed by atoms with Crippen molar-refractivity contribution in [3.05, 3.63) is 23.8 Å². The van der Waals surface area contributed by atoms with Crippen molar-refractivity contribution in [3.8, 4) is 5.75 Å². The molecular formula is C12H18N2O. The molecule has 1 atom stereocenters. The fraction of sp³-hybridized carbons (Fsp3) is 0.500. The number of ether oxygens (including phenoxy) is 1. The van der Waals surface area contributed by atoms with Gasteiger partial charge in [-0.15, -0.1) is 0 Å². The van der Waals surface area contributed by atoms with Gasteiger partial charge in [0.05, 0.1) is 7.11 Å². The van der Waals surface area contributed by atoms with Crippen LogP contribution in [0.5, 0.6) is 5.75 Å². The molecule has 1 aromatic rings. The van der Waals surface area contributed by atoms with Crippen molar-refractivity contribution in [3.63, 3.8) is 0 Å². The molecule has 2 rings (SSSR count). The van der Waals surface area contributed by atoms with E-state index in [1.54, 1.807) is 7.11 Å². The van der Waals surface area contributed by atoms with E-state index < -0.39 is 0 Å². The third kappa shape index (κ3) is 2.42. The van der Waals surface area contributed by atoms with Gasteiger partial charge in [0.25, 0.3) is 0 Å². The van der Waals surface area contributed by atoms with Crippen molar-refractivity contribution in [1.29, 1.82) is 0 Å². The summed E-state index contributed by atoms with van der Waals surface area (Å²) in [5.74, 6) is 1.57. The first-order valence-electron chi connectivity index (χ1n) is 5.42. The van der Waals surface area contributed by atoms with Gasteiger partial charge in [-0.3, -0.25) is 0 Å². The standard InChI is InChI=1S/C12H18N2O/c1-15-11-3-2-10(12(13)7-11)6-9-4-5-14-8-9/h2-3,7,9,14H,4-6,8,13H2,1H3. The average Bonchev–Trinajstić information content (AvgIpc) is 2.74. The van der Waals surface area contributed by atoms with E-state index in [-0.39, 0.29) is 0 Å². The van der Waals surface area contributed by atoms with Gasteiger partial charge in [-0.1, -0.05) is 6.07 Å². The Hall–Kier alpha value is -1.22. The van der Waals surface area contributed by atoms with E-state index in [2.05, 4.69) is 11.4 Å². The van der Waals surface area contributed by atoms with Crippen molar-refractivity contribution in [2.45, 2.75) is 12.8 Å². The summed E-state index contributed by atoms with van der Waals surface area (Å²) in [6, 6.07) is 5.96. The summed E-state index contributed by atoms with van der Waals surface area (Å²) in [6.07, 6.45) is 2.33. The first-order chi connectivity index (χ1) is 7.29. The first-order valence-corrected chi connectivity index (χ1v) is 5.42. The molecule has 1 aromatic carbocycles. The summed E-state index contributed by atoms with van der Waals surface area (Å²) < 4.78 is 5.13. The largest absolute Gasteiger partial charge is 0.497 e. The topological polar surface area (TPSA) is 47.3 Å². The molecular weight excluding hydrogens is 188 g/mol. The third-order valence-electron chi connectivity index (χ3n) is 3.02. The highest BCUT2D eigenvalue weighted by Gasteiger charge is 2.15. The Kier molecular flexibility index (Phi) is 3.11. The minimum Gasteiger partial charge on any atom is -0.497 e. The lowest BCUT2D eigenvalue weighted by atomic mass is 9.97. The van der Waals surface area contributed by atoms with Crippen LogP contribution in [0.2, 0.25) is 0 Å². The molecule has 1 unspecified atom stereocenters. The molecule has 82 valence electrons. The Bertz CT molecular complexity index is 332. The Morgan fingerprint density at radius 3 is 3.00 bits per heavy atom. The van der Waals surface area contributed by atoms with Crippen molar-refractivity contribution in [2.24, 2.45) is 5.92 Å². The van der Waals surface area contributed by atoms with Crippen LogP contribution in [-0.4, -0.2) is 20.2 Å². The second kappa shape index (κ2) is 4.53. The number of nitrogens with two attached hydrogens (primary N) is 1. The molecule has 1 heterocycles. The molecule has 0 bridgehead atoms. The van der Waals surface area contributed by atoms with Crippen LogP contribution in [-0.2, 0) is 6.42 Å². The summed E-state index contributed by atoms with van der Waals surface area (Å²) in [5, 5.41) is 3.37. The second-order valence-corrected chi connectivity index (χ2v) is 4.13. The molecule has 0 saturated carbocycles. The molecule has 3 nitrogen and oxygen atoms in total. The molecule has 0 spiro atoms. The van der Waals surface area contributed by atoms with Crippen molar-refractivity contribution >= 4 is 5.69 Å². The maximum absolute atomic E-state index is 5.97. The van der Waals surface area contributed by atoms with Crippen molar-refractivity contribution in [2.75, 3.05) is 25.9 Å². The van der Waals surface area contributed by atoms with Gasteiger partial charge >= 0.3 is 0 Å². The highest BCUT2D eigenvalue weighted by atomic mass is 16.5. The summed E-state index contributed by atoms with van der Waals surface area (Å²) in [4.78, 5) is 0. The van der Waals surface area contributed by atoms with Crippen molar-refractivity contribution < 1.29 is 4.74 Å². The maximum Gasteiger partial charge on any atom is 0.120 e. The highest BCUT2D eigenvalue weighted by molar-refractivity contribution is 5.51. The number of methoxy groups -OCH3 is 1. The Balaban J connectivity index is 2.07. The number of hydrogen-bond donors (Lipinski definition) is 2. The monoisotopic (exact) mass is 206 g/mol. The quantitative estimate of drug-likeness (QED) is 0.735. The Morgan fingerprint density at radius 1 is 1.53 bits per heavy atom. The minimum absolute atomic E-state index is 0.737. The van der Waals surface area contributed by atoms with E-state index >= 15 is 0 Å². The summed E-state index contributed by atoms with van der Waals surface area (Å²) in [7, 11) is 1.66. The van der Waals surface area contributed by atoms with Crippen LogP contribution in [0.4, 0.5) is 5.69 Å². The van der Waals surface area contributed by atoms with Crippen LogP contribution in [0.15, 0.2) is 18.2 Å². The van der Waals surface area contributed by atoms with E-state index in [1.807, 2.05) is 12.1 Å². The third-order valence-corrected chi connectivity index (χ3v) is 3.02. The van der Waals surface area contributed by atoms with Crippen LogP contribution in [0.1, 0.15) is 12.0 Å². The van der Waals surface area contributed by atoms with Gasteiger partial charge in [0.1, 0.15) is 5.75 Å². The fourth-order valence-corrected chi connectivity index (χ4v) is 2.09. The van der Waals surface area contributed by atoms with Gasteiger partial charge in [-0.25, -0.2) is 0 Å². The minimum atomic E-state index is 0.737. The maximum atomic E-state index is 5.97. The fourth-order valence-electron chi connectivity index (χ4n) is 2.09. The molecule has 1 aliphatic rings. The van der Waals surface area contributed by atoms with Crippen LogP contribution >= 0.6 is 0 Å². The zero-order chi connectivity index (χ0) is 10.7. The first kappa shape index (κ1) is 10.3. The van der Waals surface area contributed by atoms with Gasteiger partial charge in [-0.2, -0.15) is 0 Å². The average molecular weight is 206 g/mol. The number of rotatable bonds is 3. The summed E-state index contributed by atoms with van der Waals surface area (Å²) in [6.45, 7) is 2.26. The zero-order valence-corrected chi connectivity index (χ0v) is 9.12. The van der Waals surface area contributed by atoms with E-state index in [4.69, 9.17) is 10.5 Å². The van der Waals surface area contributed by atoms with E-state index in [0.29, 0.717) is 0 Å². The number of benzene rings is 1. The molecule has 0 radical (unpaired) electrons. The summed E-state index contributed by atoms with van der Waals surface area (Å²) >= 11 is 0. The molecule has 1 saturated heterocycles. The highest BCUT2D eigenvalue weighted by Crippen LogP contribution is 2.23. The lowest BCUT2D eigenvalue weighted by molar-refractivity contribution is 0.415. The molecule has 0 aromatic heterocycles. The molecule has 3 heteroatoms. The smallest absolute Gasteiger partial charge is 0.120 e. The second-order valence-electron chi connectivity index (χ2n) is 4.13. The number of nitrogens with one attached hydrogen (secondary N) is 1. The normalized spacial score (nSPS) is 20.5. The molecule has 15 heavy (non-hydrogen) atoms. The van der Waals surface area contributed by atoms with Gasteiger partial charge in [-0.05, 0) is 43.5 Å². The summed E-state index contributed by atoms with van der Waals surface area (Å²) in [5.41, 5.74) is 8.06. The Morgan fingerprint density at radius 2 is 2.40 bits per heavy atom. The molecule has 0 amide bonds. The lowest BCUT2D eigenvalue weighted by Gasteiger charge is -2.11. The zero-order valence-electron chi connectivity index (χ0n) is 9.12. The van der Waals surface area contributed by atoms with E-state index in [0.717, 1.165) is 36.9 Å². The molecule has 1 fully saturated rings. The molecule has 3 N–H and O–H groups in total. The molecule has 0 aliphatic carbocycles. The van der Waals surface area contributed by atoms with Gasteiger partial charge in [0.15, 0.2) is 0 Å².